The van der Waals surface area contributed by atoms with E-state index in [0.29, 0.717) is 36.4 Å². The molecule has 2 aliphatic rings. The minimum absolute atomic E-state index is 0.0312. The van der Waals surface area contributed by atoms with Crippen molar-refractivity contribution in [3.05, 3.63) is 35.1 Å². The van der Waals surface area contributed by atoms with E-state index in [0.717, 1.165) is 29.8 Å². The zero-order valence-electron chi connectivity index (χ0n) is 19.9. The molecule has 2 amide bonds. The molecule has 0 bridgehead atoms. The molecule has 0 saturated heterocycles. The molecule has 1 fully saturated rings. The molecule has 1 saturated carbocycles. The number of carbonyl (C=O) groups is 1. The van der Waals surface area contributed by atoms with Gasteiger partial charge in [0.1, 0.15) is 11.3 Å². The fraction of sp³-hybridized carbons (Fsp3) is 0.455. The van der Waals surface area contributed by atoms with Crippen molar-refractivity contribution in [2.75, 3.05) is 27.2 Å². The van der Waals surface area contributed by atoms with Crippen molar-refractivity contribution in [2.24, 2.45) is 0 Å². The molecule has 3 aromatic heterocycles. The Balaban J connectivity index is 1.62. The summed E-state index contributed by atoms with van der Waals surface area (Å²) in [5, 5.41) is 7.22. The van der Waals surface area contributed by atoms with E-state index in [9.17, 15) is 22.0 Å². The number of aromatic nitrogens is 4. The van der Waals surface area contributed by atoms with Crippen molar-refractivity contribution in [1.82, 2.24) is 34.1 Å². The highest BCUT2D eigenvalue weighted by atomic mass is 32.2. The third-order valence-corrected chi connectivity index (χ3v) is 8.88. The number of hydrogen-bond acceptors (Lipinski definition) is 7. The summed E-state index contributed by atoms with van der Waals surface area (Å²) in [6.45, 7) is 2.68. The van der Waals surface area contributed by atoms with Gasteiger partial charge in [-0.2, -0.15) is 0 Å². The molecule has 4 heterocycles. The van der Waals surface area contributed by atoms with Crippen LogP contribution in [0.1, 0.15) is 43.2 Å². The predicted octanol–water partition coefficient (Wildman–Crippen LogP) is 3.39. The van der Waals surface area contributed by atoms with Gasteiger partial charge in [0.05, 0.1) is 11.1 Å². The third-order valence-electron chi connectivity index (χ3n) is 6.33. The van der Waals surface area contributed by atoms with E-state index in [1.165, 1.54) is 17.3 Å². The molecule has 3 aromatic rings. The van der Waals surface area contributed by atoms with Gasteiger partial charge in [-0.1, -0.05) is 17.4 Å². The molecule has 0 unspecified atom stereocenters. The van der Waals surface area contributed by atoms with Gasteiger partial charge in [-0.15, -0.1) is 10.2 Å². The summed E-state index contributed by atoms with van der Waals surface area (Å²) in [6, 6.07) is 1.47. The second-order valence-electron chi connectivity index (χ2n) is 9.44. The number of sulfonamides is 1. The Kier molecular flexibility index (Phi) is 6.08. The van der Waals surface area contributed by atoms with Crippen LogP contribution in [-0.2, 0) is 10.0 Å². The maximum atomic E-state index is 13.3. The second-order valence-corrected chi connectivity index (χ2v) is 12.1. The van der Waals surface area contributed by atoms with E-state index in [1.54, 1.807) is 29.5 Å². The van der Waals surface area contributed by atoms with Crippen molar-refractivity contribution in [3.8, 4) is 10.7 Å². The fourth-order valence-corrected chi connectivity index (χ4v) is 6.27. The predicted molar refractivity (Wildman–Crippen MR) is 130 cm³/mol. The van der Waals surface area contributed by atoms with Crippen molar-refractivity contribution in [2.45, 2.75) is 43.0 Å². The lowest BCUT2D eigenvalue weighted by atomic mass is 10.0. The van der Waals surface area contributed by atoms with Crippen LogP contribution in [0.4, 0.5) is 13.6 Å². The van der Waals surface area contributed by atoms with Gasteiger partial charge >= 0.3 is 6.03 Å². The minimum Gasteiger partial charge on any atom is -0.331 e. The summed E-state index contributed by atoms with van der Waals surface area (Å²) in [5.41, 5.74) is 1.80. The first kappa shape index (κ1) is 24.7. The van der Waals surface area contributed by atoms with Crippen LogP contribution in [0.25, 0.3) is 21.9 Å². The van der Waals surface area contributed by atoms with Crippen LogP contribution in [-0.4, -0.2) is 76.6 Å². The lowest BCUT2D eigenvalue weighted by Crippen LogP contribution is -2.41. The van der Waals surface area contributed by atoms with Crippen LogP contribution in [0.3, 0.4) is 0 Å². The molecule has 36 heavy (non-hydrogen) atoms. The van der Waals surface area contributed by atoms with Crippen LogP contribution >= 0.6 is 11.3 Å². The highest BCUT2D eigenvalue weighted by molar-refractivity contribution is 7.89. The van der Waals surface area contributed by atoms with Gasteiger partial charge in [0.25, 0.3) is 6.43 Å². The molecule has 5 rings (SSSR count). The normalized spacial score (nSPS) is 17.5. The highest BCUT2D eigenvalue weighted by Crippen LogP contribution is 2.37. The number of pyridine rings is 1. The van der Waals surface area contributed by atoms with Crippen LogP contribution in [0.5, 0.6) is 0 Å². The number of imidazole rings is 1. The SMILES string of the molecule is CN(C)C(=O)N1CC=C(c2cc(S(=O)(=O)NC3(C)CC3)cn3c(-c4nnc(C(F)F)s4)cnc23)CC1. The zero-order chi connectivity index (χ0) is 25.8. The van der Waals surface area contributed by atoms with E-state index in [-0.39, 0.29) is 15.9 Å². The molecule has 14 heteroatoms. The summed E-state index contributed by atoms with van der Waals surface area (Å²) in [7, 11) is -0.506. The van der Waals surface area contributed by atoms with Gasteiger partial charge in [-0.3, -0.25) is 4.40 Å². The number of amides is 2. The number of fused-ring (bicyclic) bond motifs is 1. The Hall–Kier alpha value is -2.97. The molecule has 1 aliphatic heterocycles. The molecule has 0 radical (unpaired) electrons. The summed E-state index contributed by atoms with van der Waals surface area (Å²) < 4.78 is 57.2. The molecule has 192 valence electrons. The maximum Gasteiger partial charge on any atom is 0.319 e. The first-order chi connectivity index (χ1) is 17.0. The Morgan fingerprint density at radius 2 is 2.03 bits per heavy atom. The van der Waals surface area contributed by atoms with Crippen LogP contribution in [0.15, 0.2) is 29.4 Å². The highest BCUT2D eigenvalue weighted by Gasteiger charge is 2.41. The third kappa shape index (κ3) is 4.60. The van der Waals surface area contributed by atoms with Gasteiger partial charge in [0.15, 0.2) is 10.0 Å². The van der Waals surface area contributed by atoms with Crippen LogP contribution < -0.4 is 4.72 Å². The topological polar surface area (TPSA) is 113 Å². The smallest absolute Gasteiger partial charge is 0.319 e. The fourth-order valence-electron chi connectivity index (χ4n) is 4.07. The van der Waals surface area contributed by atoms with E-state index in [4.69, 9.17) is 0 Å². The van der Waals surface area contributed by atoms with Gasteiger partial charge in [-0.05, 0) is 37.8 Å². The number of alkyl halides is 2. The molecular weight excluding hydrogens is 512 g/mol. The van der Waals surface area contributed by atoms with E-state index >= 15 is 0 Å². The largest absolute Gasteiger partial charge is 0.331 e. The maximum absolute atomic E-state index is 13.3. The quantitative estimate of drug-likeness (QED) is 0.516. The molecule has 0 aromatic carbocycles. The first-order valence-electron chi connectivity index (χ1n) is 11.3. The first-order valence-corrected chi connectivity index (χ1v) is 13.6. The Morgan fingerprint density at radius 3 is 2.61 bits per heavy atom. The van der Waals surface area contributed by atoms with Crippen LogP contribution in [0.2, 0.25) is 0 Å². The minimum atomic E-state index is -3.88. The van der Waals surface area contributed by atoms with Gasteiger partial charge in [-0.25, -0.2) is 31.7 Å². The zero-order valence-corrected chi connectivity index (χ0v) is 21.5. The number of nitrogens with zero attached hydrogens (tertiary/aromatic N) is 6. The number of rotatable bonds is 6. The summed E-state index contributed by atoms with van der Waals surface area (Å²) in [6.07, 6.45) is 4.04. The van der Waals surface area contributed by atoms with E-state index < -0.39 is 27.0 Å². The lowest BCUT2D eigenvalue weighted by Gasteiger charge is -2.29. The summed E-state index contributed by atoms with van der Waals surface area (Å²) in [4.78, 5) is 20.1. The number of hydrogen-bond donors (Lipinski definition) is 1. The number of nitrogens with one attached hydrogen (secondary N) is 1. The average molecular weight is 538 g/mol. The second kappa shape index (κ2) is 8.85. The number of urea groups is 1. The van der Waals surface area contributed by atoms with Crippen LogP contribution in [0, 0.1) is 0 Å². The Morgan fingerprint density at radius 1 is 1.28 bits per heavy atom. The molecule has 10 nitrogen and oxygen atoms in total. The molecule has 1 N–H and O–H groups in total. The van der Waals surface area contributed by atoms with Gasteiger partial charge in [0.2, 0.25) is 10.0 Å². The van der Waals surface area contributed by atoms with Crippen molar-refractivity contribution >= 4 is 38.6 Å². The van der Waals surface area contributed by atoms with E-state index in [1.807, 2.05) is 13.0 Å². The monoisotopic (exact) mass is 537 g/mol. The standard InChI is InChI=1S/C22H25F2N7O3S2/c1-22(6-7-22)28-36(33,34)14-10-15(13-4-8-30(9-5-13)21(32)29(2)3)18-25-11-16(31(18)12-14)19-26-27-20(35-19)17(23)24/h4,10-12,17,28H,5-9H2,1-3H3. The molecule has 0 spiro atoms. The Bertz CT molecular complexity index is 1480. The summed E-state index contributed by atoms with van der Waals surface area (Å²) >= 11 is 0.733. The van der Waals surface area contributed by atoms with Crippen molar-refractivity contribution in [1.29, 1.82) is 0 Å². The number of carbonyl (C=O) groups excluding carboxylic acids is 1. The Labute approximate surface area is 210 Å². The van der Waals surface area contributed by atoms with Gasteiger partial charge < -0.3 is 9.80 Å². The molecule has 1 aliphatic carbocycles. The summed E-state index contributed by atoms with van der Waals surface area (Å²) in [5.74, 6) is 0. The van der Waals surface area contributed by atoms with Crippen molar-refractivity contribution in [3.63, 3.8) is 0 Å². The molecular formula is C22H25F2N7O3S2. The number of halogens is 2. The van der Waals surface area contributed by atoms with E-state index in [2.05, 4.69) is 19.9 Å². The lowest BCUT2D eigenvalue weighted by molar-refractivity contribution is 0.150. The van der Waals surface area contributed by atoms with Gasteiger partial charge in [0, 0.05) is 44.5 Å². The molecule has 0 atom stereocenters. The average Bonchev–Trinajstić information content (AvgIpc) is 3.22. The van der Waals surface area contributed by atoms with Crippen molar-refractivity contribution < 1.29 is 22.0 Å².